The summed E-state index contributed by atoms with van der Waals surface area (Å²) in [6, 6.07) is 93.7. The molecule has 18 aromatic rings. The van der Waals surface area contributed by atoms with E-state index >= 15 is 0 Å². The normalized spacial score (nSPS) is 11.0. The summed E-state index contributed by atoms with van der Waals surface area (Å²) < 4.78 is 60.3. The number of anilines is 8. The van der Waals surface area contributed by atoms with Crippen LogP contribution in [0.1, 0.15) is 33.5 Å². The van der Waals surface area contributed by atoms with Gasteiger partial charge in [-0.05, 0) is 101 Å². The van der Waals surface area contributed by atoms with Gasteiger partial charge in [0.2, 0.25) is 59.3 Å². The lowest BCUT2D eigenvalue weighted by molar-refractivity contribution is -0.323. The molecule has 5 amide bonds. The molecule has 0 bridgehead atoms. The topological polar surface area (TPSA) is 374 Å². The standard InChI is InChI=1S/C21H22N6O.C20H18N6O.C20H24N4O2.C19H19F3N4O2.C19H17N5O2/c1-15-12-19(26(2)25-15)24-20(28)14-27-18-11-7-6-10-17(18)23-21(27)22-13-16-8-4-3-5-9-16;27-19(24-16-10-11-22-23-13-16)14-26-18-9-5-4-8-17(18)25-20(26)21-12-15-6-2-1-3-7-15;1-23(12-13-26-2)19(25)15-24-18-11-7-6-10-17(18)22-20(24)21-14-16-8-4-3-5-9-16;20-19(21,22)28-11-10-23-17(27)13-26-16-9-5-4-8-15(16)25-18(26)24-12-14-6-2-1-3-7-14;25-18(22-17-10-11-26-23-17)13-24-16-9-5-4-8-15(16)21-19(24)20-12-14-6-2-1-3-7-14/h3-12H,13-14H2,1-2H3,(H,22,23)(H,24,28);1-11,13H,12,14H2,(H,21,25)(H,22,24,27);3-11H,12-15H2,1-2H3,(H,21,22);1-9H,10-13H2,(H,23,27)(H,24,25);1-11H,12-13H2,(H,20,21)(H,22,23,25). The average Bonchev–Trinajstić information content (AvgIpc) is 1.67. The predicted octanol–water partition coefficient (Wildman–Crippen LogP) is 15.7. The predicted molar refractivity (Wildman–Crippen MR) is 514 cm³/mol. The van der Waals surface area contributed by atoms with Crippen LogP contribution >= 0.6 is 0 Å². The second-order valence-electron chi connectivity index (χ2n) is 30.7. The Labute approximate surface area is 774 Å². The van der Waals surface area contributed by atoms with E-state index in [1.807, 2.05) is 287 Å². The van der Waals surface area contributed by atoms with Gasteiger partial charge in [-0.2, -0.15) is 15.3 Å². The van der Waals surface area contributed by atoms with Gasteiger partial charge in [-0.25, -0.2) is 24.9 Å². The van der Waals surface area contributed by atoms with Crippen LogP contribution in [-0.4, -0.2) is 154 Å². The van der Waals surface area contributed by atoms with Crippen LogP contribution in [-0.2, 0) is 106 Å². The van der Waals surface area contributed by atoms with E-state index in [0.29, 0.717) is 98.5 Å². The molecule has 0 radical (unpaired) electrons. The number of aromatic nitrogens is 15. The molecule has 36 heteroatoms. The van der Waals surface area contributed by atoms with Crippen LogP contribution in [0.25, 0.3) is 55.2 Å². The zero-order valence-corrected chi connectivity index (χ0v) is 74.4. The van der Waals surface area contributed by atoms with Crippen molar-refractivity contribution in [3.8, 4) is 0 Å². The third-order valence-corrected chi connectivity index (χ3v) is 20.8. The molecule has 0 saturated carbocycles. The Bertz CT molecular complexity index is 6860. The zero-order chi connectivity index (χ0) is 94.1. The first-order valence-corrected chi connectivity index (χ1v) is 43.2. The maximum atomic E-state index is 12.7. The minimum absolute atomic E-state index is 0.0213. The lowest BCUT2D eigenvalue weighted by Gasteiger charge is -2.18. The van der Waals surface area contributed by atoms with Crippen molar-refractivity contribution in [3.63, 3.8) is 0 Å². The smallest absolute Gasteiger partial charge is 0.383 e. The number of hydrogen-bond acceptors (Lipinski definition) is 22. The number of methoxy groups -OCH3 is 1. The summed E-state index contributed by atoms with van der Waals surface area (Å²) in [6.45, 7) is 5.71. The van der Waals surface area contributed by atoms with E-state index < -0.39 is 18.9 Å². The molecule has 0 spiro atoms. The molecule has 0 aliphatic rings. The van der Waals surface area contributed by atoms with E-state index in [1.165, 1.54) is 18.7 Å². The summed E-state index contributed by atoms with van der Waals surface area (Å²) in [7, 11) is 5.23. The average molecular weight is 1830 g/mol. The number of para-hydroxylation sites is 10. The van der Waals surface area contributed by atoms with Gasteiger partial charge in [0.05, 0.1) is 92.2 Å². The van der Waals surface area contributed by atoms with Crippen LogP contribution in [0.2, 0.25) is 0 Å². The second kappa shape index (κ2) is 47.1. The molecule has 0 fully saturated rings. The molecule has 0 aliphatic heterocycles. The third-order valence-electron chi connectivity index (χ3n) is 20.8. The summed E-state index contributed by atoms with van der Waals surface area (Å²) in [4.78, 5) is 87.1. The molecule has 8 heterocycles. The molecule has 0 aliphatic carbocycles. The molecular formula is C99H100F3N25O8. The molecule has 135 heavy (non-hydrogen) atoms. The number of alkyl halides is 3. The maximum Gasteiger partial charge on any atom is 0.522 e. The number of aryl methyl sites for hydroxylation is 2. The first kappa shape index (κ1) is 94.2. The number of hydrogen-bond donors (Lipinski definition) is 9. The lowest BCUT2D eigenvalue weighted by Crippen LogP contribution is -2.33. The highest BCUT2D eigenvalue weighted by Crippen LogP contribution is 2.28. The van der Waals surface area contributed by atoms with Crippen LogP contribution in [0.5, 0.6) is 0 Å². The van der Waals surface area contributed by atoms with Crippen molar-refractivity contribution in [2.75, 3.05) is 83.0 Å². The fourth-order valence-electron chi connectivity index (χ4n) is 14.3. The van der Waals surface area contributed by atoms with Crippen LogP contribution in [0.3, 0.4) is 0 Å². The van der Waals surface area contributed by atoms with E-state index in [4.69, 9.17) is 9.26 Å². The van der Waals surface area contributed by atoms with Crippen molar-refractivity contribution < 1.29 is 51.1 Å². The van der Waals surface area contributed by atoms with Crippen LogP contribution in [0, 0.1) is 6.92 Å². The van der Waals surface area contributed by atoms with E-state index in [1.54, 1.807) is 40.4 Å². The van der Waals surface area contributed by atoms with E-state index in [2.05, 4.69) is 122 Å². The van der Waals surface area contributed by atoms with Crippen molar-refractivity contribution >= 4 is 132 Å². The number of fused-ring (bicyclic) bond motifs is 5. The number of nitrogens with zero attached hydrogens (tertiary/aromatic N) is 16. The Hall–Kier alpha value is -16.9. The van der Waals surface area contributed by atoms with Gasteiger partial charge < -0.3 is 84.8 Å². The van der Waals surface area contributed by atoms with Gasteiger partial charge >= 0.3 is 6.36 Å². The maximum absolute atomic E-state index is 12.7. The highest BCUT2D eigenvalue weighted by Gasteiger charge is 2.29. The highest BCUT2D eigenvalue weighted by atomic mass is 19.4. The summed E-state index contributed by atoms with van der Waals surface area (Å²) in [5.41, 5.74) is 15.6. The van der Waals surface area contributed by atoms with E-state index in [-0.39, 0.29) is 62.9 Å². The van der Waals surface area contributed by atoms with Crippen molar-refractivity contribution in [1.29, 1.82) is 0 Å². The molecular weight excluding hydrogens is 1720 g/mol. The Morgan fingerprint density at radius 3 is 1.07 bits per heavy atom. The summed E-state index contributed by atoms with van der Waals surface area (Å²) >= 11 is 0. The summed E-state index contributed by atoms with van der Waals surface area (Å²) in [6.07, 6.45) is -0.248. The fraction of sp³-hybridized carbons (Fsp3) is 0.192. The first-order chi connectivity index (χ1) is 65.8. The fourth-order valence-corrected chi connectivity index (χ4v) is 14.3. The molecule has 8 aromatic heterocycles. The number of imidazole rings is 5. The van der Waals surface area contributed by atoms with Gasteiger partial charge in [0, 0.05) is 79.2 Å². The Balaban J connectivity index is 0.000000135. The molecule has 9 N–H and O–H groups in total. The number of nitrogens with one attached hydrogen (secondary N) is 9. The summed E-state index contributed by atoms with van der Waals surface area (Å²) in [5.74, 6) is 3.33. The molecule has 33 nitrogen and oxygen atoms in total. The SMILES string of the molecule is COCCN(C)C(=O)Cn1c(NCc2ccccc2)nc2ccccc21.Cc1cc(NC(=O)Cn2c(NCc3ccccc3)nc3ccccc32)n(C)n1.O=C(Cn1c(NCc2ccccc2)nc2ccccc21)NCCOC(F)(F)F.O=C(Cn1c(NCc2ccccc2)nc2ccccc21)Nc1ccnnc1.O=C(Cn1c(NCc2ccccc2)nc2ccccc21)Nc1ccon1. The van der Waals surface area contributed by atoms with Crippen molar-refractivity contribution in [1.82, 2.24) is 83.1 Å². The van der Waals surface area contributed by atoms with Crippen LogP contribution in [0.15, 0.2) is 314 Å². The Morgan fingerprint density at radius 1 is 0.407 bits per heavy atom. The molecule has 0 atom stereocenters. The van der Waals surface area contributed by atoms with E-state index in [9.17, 15) is 37.1 Å². The number of benzene rings is 10. The highest BCUT2D eigenvalue weighted by molar-refractivity contribution is 5.94. The Kier molecular flexibility index (Phi) is 32.9. The molecule has 0 unspecified atom stereocenters. The largest absolute Gasteiger partial charge is 0.522 e. The molecule has 10 aromatic carbocycles. The minimum Gasteiger partial charge on any atom is -0.383 e. The molecule has 18 rings (SSSR count). The monoisotopic (exact) mass is 1820 g/mol. The van der Waals surface area contributed by atoms with Crippen LogP contribution in [0.4, 0.5) is 60.2 Å². The van der Waals surface area contributed by atoms with Crippen LogP contribution < -0.4 is 47.9 Å². The van der Waals surface area contributed by atoms with E-state index in [0.717, 1.165) is 83.2 Å². The van der Waals surface area contributed by atoms with Gasteiger partial charge in [-0.3, -0.25) is 33.4 Å². The first-order valence-electron chi connectivity index (χ1n) is 43.2. The number of halogens is 3. The summed E-state index contributed by atoms with van der Waals surface area (Å²) in [5, 5.41) is 42.9. The Morgan fingerprint density at radius 2 is 0.748 bits per heavy atom. The van der Waals surface area contributed by atoms with Crippen molar-refractivity contribution in [3.05, 3.63) is 343 Å². The van der Waals surface area contributed by atoms with Gasteiger partial charge in [-0.15, -0.1) is 13.2 Å². The second-order valence-corrected chi connectivity index (χ2v) is 30.7. The van der Waals surface area contributed by atoms with Gasteiger partial charge in [0.15, 0.2) is 5.82 Å². The number of likely N-dealkylation sites (N-methyl/N-ethyl adjacent to an activating group) is 1. The molecule has 0 saturated heterocycles. The lowest BCUT2D eigenvalue weighted by atomic mass is 10.2. The minimum atomic E-state index is -4.71. The quantitative estimate of drug-likeness (QED) is 0.0169. The van der Waals surface area contributed by atoms with Gasteiger partial charge in [0.25, 0.3) is 0 Å². The molecule has 690 valence electrons. The van der Waals surface area contributed by atoms with Gasteiger partial charge in [-0.1, -0.05) is 217 Å². The number of rotatable bonds is 34. The van der Waals surface area contributed by atoms with Crippen molar-refractivity contribution in [2.24, 2.45) is 7.05 Å². The van der Waals surface area contributed by atoms with Gasteiger partial charge in [0.1, 0.15) is 44.8 Å². The number of carbonyl (C=O) groups excluding carboxylic acids is 5. The zero-order valence-electron chi connectivity index (χ0n) is 74.4. The third kappa shape index (κ3) is 27.4. The number of amides is 5. The number of ether oxygens (including phenoxy) is 2. The number of carbonyl (C=O) groups is 5. The van der Waals surface area contributed by atoms with Crippen molar-refractivity contribution in [2.45, 2.75) is 78.7 Å².